The first-order chi connectivity index (χ1) is 8.27. The minimum Gasteiger partial charge on any atom is -0.317 e. The summed E-state index contributed by atoms with van der Waals surface area (Å²) in [6, 6.07) is 9.39. The fourth-order valence-corrected chi connectivity index (χ4v) is 3.00. The van der Waals surface area contributed by atoms with Gasteiger partial charge in [-0.3, -0.25) is 0 Å². The third kappa shape index (κ3) is 5.60. The van der Waals surface area contributed by atoms with Crippen LogP contribution >= 0.6 is 11.8 Å². The molecule has 0 aliphatic rings. The van der Waals surface area contributed by atoms with Crippen molar-refractivity contribution in [2.75, 3.05) is 12.8 Å². The highest BCUT2D eigenvalue weighted by Gasteiger charge is 2.02. The highest BCUT2D eigenvalue weighted by Crippen LogP contribution is 2.17. The average Bonchev–Trinajstić information content (AvgIpc) is 2.36. The maximum absolute atomic E-state index is 3.36. The Hall–Kier alpha value is -0.470. The summed E-state index contributed by atoms with van der Waals surface area (Å²) in [5.41, 5.74) is 2.90. The molecule has 2 heteroatoms. The van der Waals surface area contributed by atoms with Crippen molar-refractivity contribution in [1.29, 1.82) is 0 Å². The van der Waals surface area contributed by atoms with Gasteiger partial charge in [0, 0.05) is 11.8 Å². The molecule has 0 saturated heterocycles. The van der Waals surface area contributed by atoms with E-state index in [4.69, 9.17) is 0 Å². The minimum atomic E-state index is 0.703. The van der Waals surface area contributed by atoms with Crippen molar-refractivity contribution in [1.82, 2.24) is 5.32 Å². The third-order valence-corrected chi connectivity index (χ3v) is 4.35. The van der Waals surface area contributed by atoms with E-state index in [-0.39, 0.29) is 0 Å². The number of hydrogen-bond donors (Lipinski definition) is 1. The van der Waals surface area contributed by atoms with E-state index in [9.17, 15) is 0 Å². The predicted octanol–water partition coefficient (Wildman–Crippen LogP) is 4.01. The van der Waals surface area contributed by atoms with Gasteiger partial charge in [0.2, 0.25) is 0 Å². The summed E-state index contributed by atoms with van der Waals surface area (Å²) in [4.78, 5) is 0. The van der Waals surface area contributed by atoms with E-state index in [1.807, 2.05) is 0 Å². The molecule has 17 heavy (non-hydrogen) atoms. The molecule has 1 N–H and O–H groups in total. The van der Waals surface area contributed by atoms with Crippen LogP contribution < -0.4 is 5.32 Å². The molecule has 96 valence electrons. The van der Waals surface area contributed by atoms with Gasteiger partial charge in [0.15, 0.2) is 0 Å². The van der Waals surface area contributed by atoms with Crippen molar-refractivity contribution in [3.8, 4) is 0 Å². The zero-order chi connectivity index (χ0) is 12.5. The lowest BCUT2D eigenvalue weighted by Gasteiger charge is -2.13. The molecule has 1 unspecified atom stereocenters. The van der Waals surface area contributed by atoms with Crippen molar-refractivity contribution in [2.24, 2.45) is 0 Å². The Kier molecular flexibility index (Phi) is 7.38. The van der Waals surface area contributed by atoms with Crippen LogP contribution in [0.25, 0.3) is 0 Å². The lowest BCUT2D eigenvalue weighted by Crippen LogP contribution is -2.23. The molecule has 1 nitrogen and oxygen atoms in total. The average molecular weight is 251 g/mol. The van der Waals surface area contributed by atoms with Gasteiger partial charge >= 0.3 is 0 Å². The molecule has 0 bridgehead atoms. The molecule has 1 aromatic carbocycles. The summed E-state index contributed by atoms with van der Waals surface area (Å²) in [5, 5.41) is 3.36. The van der Waals surface area contributed by atoms with Crippen LogP contribution in [0.1, 0.15) is 37.3 Å². The number of rotatable bonds is 8. The van der Waals surface area contributed by atoms with Gasteiger partial charge in [0.1, 0.15) is 0 Å². The second-order valence-electron chi connectivity index (χ2n) is 4.52. The highest BCUT2D eigenvalue weighted by molar-refractivity contribution is 7.98. The van der Waals surface area contributed by atoms with Crippen molar-refractivity contribution in [2.45, 2.75) is 44.9 Å². The van der Waals surface area contributed by atoms with Crippen molar-refractivity contribution < 1.29 is 0 Å². The Morgan fingerprint density at radius 2 is 2.06 bits per heavy atom. The first-order valence-electron chi connectivity index (χ1n) is 6.57. The van der Waals surface area contributed by atoms with Crippen LogP contribution in [0.2, 0.25) is 0 Å². The smallest absolute Gasteiger partial charge is 0.0187 e. The summed E-state index contributed by atoms with van der Waals surface area (Å²) >= 11 is 2.06. The van der Waals surface area contributed by atoms with E-state index in [0.29, 0.717) is 6.04 Å². The van der Waals surface area contributed by atoms with Crippen LogP contribution in [0.4, 0.5) is 0 Å². The number of thioether (sulfide) groups is 1. The largest absolute Gasteiger partial charge is 0.317 e. The molecule has 0 amide bonds. The third-order valence-electron chi connectivity index (χ3n) is 3.26. The van der Waals surface area contributed by atoms with Crippen molar-refractivity contribution in [3.63, 3.8) is 0 Å². The molecule has 0 radical (unpaired) electrons. The van der Waals surface area contributed by atoms with Gasteiger partial charge in [-0.2, -0.15) is 11.8 Å². The van der Waals surface area contributed by atoms with Gasteiger partial charge in [0.05, 0.1) is 0 Å². The van der Waals surface area contributed by atoms with Gasteiger partial charge < -0.3 is 5.32 Å². The fourth-order valence-electron chi connectivity index (χ4n) is 1.94. The van der Waals surface area contributed by atoms with Crippen LogP contribution in [0.3, 0.4) is 0 Å². The standard InChI is InChI=1S/C15H25NS/c1-4-15(16-3)10-7-11-17-12-14-9-6-5-8-13(14)2/h5-6,8-9,15-16H,4,7,10-12H2,1-3H3. The van der Waals surface area contributed by atoms with E-state index >= 15 is 0 Å². The molecule has 0 heterocycles. The summed E-state index contributed by atoms with van der Waals surface area (Å²) in [5.74, 6) is 2.43. The number of hydrogen-bond acceptors (Lipinski definition) is 2. The number of nitrogens with one attached hydrogen (secondary N) is 1. The van der Waals surface area contributed by atoms with Gasteiger partial charge in [-0.15, -0.1) is 0 Å². The maximum atomic E-state index is 3.36. The number of benzene rings is 1. The molecule has 0 fully saturated rings. The second kappa shape index (κ2) is 8.60. The molecule has 0 saturated carbocycles. The van der Waals surface area contributed by atoms with Gasteiger partial charge in [0.25, 0.3) is 0 Å². The lowest BCUT2D eigenvalue weighted by atomic mass is 10.1. The summed E-state index contributed by atoms with van der Waals surface area (Å²) in [6.07, 6.45) is 3.85. The van der Waals surface area contributed by atoms with E-state index in [0.717, 1.165) is 5.75 Å². The first kappa shape index (κ1) is 14.6. The van der Waals surface area contributed by atoms with Crippen LogP contribution in [0.15, 0.2) is 24.3 Å². The molecule has 0 aliphatic carbocycles. The first-order valence-corrected chi connectivity index (χ1v) is 7.73. The predicted molar refractivity (Wildman–Crippen MR) is 79.7 cm³/mol. The van der Waals surface area contributed by atoms with E-state index in [1.54, 1.807) is 0 Å². The number of aryl methyl sites for hydroxylation is 1. The summed E-state index contributed by atoms with van der Waals surface area (Å²) in [7, 11) is 2.06. The molecule has 1 aromatic rings. The Bertz CT molecular complexity index is 308. The highest BCUT2D eigenvalue weighted by atomic mass is 32.2. The molecular formula is C15H25NS. The monoisotopic (exact) mass is 251 g/mol. The fraction of sp³-hybridized carbons (Fsp3) is 0.600. The van der Waals surface area contributed by atoms with E-state index in [2.05, 4.69) is 62.2 Å². The van der Waals surface area contributed by atoms with E-state index < -0.39 is 0 Å². The second-order valence-corrected chi connectivity index (χ2v) is 5.62. The summed E-state index contributed by atoms with van der Waals surface area (Å²) < 4.78 is 0. The Labute approximate surface area is 110 Å². The normalized spacial score (nSPS) is 12.6. The van der Waals surface area contributed by atoms with Gasteiger partial charge in [-0.1, -0.05) is 31.2 Å². The van der Waals surface area contributed by atoms with Crippen molar-refractivity contribution in [3.05, 3.63) is 35.4 Å². The lowest BCUT2D eigenvalue weighted by molar-refractivity contribution is 0.504. The van der Waals surface area contributed by atoms with Crippen LogP contribution in [0, 0.1) is 6.92 Å². The Balaban J connectivity index is 2.14. The van der Waals surface area contributed by atoms with Crippen molar-refractivity contribution >= 4 is 11.8 Å². The molecular weight excluding hydrogens is 226 g/mol. The quantitative estimate of drug-likeness (QED) is 0.701. The zero-order valence-corrected chi connectivity index (χ0v) is 12.1. The molecule has 0 aliphatic heterocycles. The Morgan fingerprint density at radius 1 is 1.29 bits per heavy atom. The van der Waals surface area contributed by atoms with Gasteiger partial charge in [-0.25, -0.2) is 0 Å². The SMILES string of the molecule is CCC(CCCSCc1ccccc1C)NC. The molecule has 1 rings (SSSR count). The van der Waals surface area contributed by atoms with Crippen LogP contribution in [-0.4, -0.2) is 18.8 Å². The van der Waals surface area contributed by atoms with Crippen LogP contribution in [-0.2, 0) is 5.75 Å². The maximum Gasteiger partial charge on any atom is 0.0187 e. The molecule has 1 atom stereocenters. The van der Waals surface area contributed by atoms with Gasteiger partial charge in [-0.05, 0) is 50.1 Å². The zero-order valence-electron chi connectivity index (χ0n) is 11.3. The Morgan fingerprint density at radius 3 is 2.71 bits per heavy atom. The van der Waals surface area contributed by atoms with Crippen LogP contribution in [0.5, 0.6) is 0 Å². The molecule has 0 spiro atoms. The molecule has 0 aromatic heterocycles. The summed E-state index contributed by atoms with van der Waals surface area (Å²) in [6.45, 7) is 4.45. The topological polar surface area (TPSA) is 12.0 Å². The minimum absolute atomic E-state index is 0.703. The van der Waals surface area contributed by atoms with E-state index in [1.165, 1.54) is 36.1 Å².